The molecular formula is C22H22N8O3. The van der Waals surface area contributed by atoms with Gasteiger partial charge < -0.3 is 24.2 Å². The van der Waals surface area contributed by atoms with Gasteiger partial charge in [-0.3, -0.25) is 0 Å². The zero-order chi connectivity index (χ0) is 22.6. The Morgan fingerprint density at radius 1 is 1.00 bits per heavy atom. The van der Waals surface area contributed by atoms with E-state index in [0.717, 1.165) is 19.4 Å². The topological polar surface area (TPSA) is 124 Å². The fourth-order valence-electron chi connectivity index (χ4n) is 3.79. The van der Waals surface area contributed by atoms with Crippen molar-refractivity contribution in [3.8, 4) is 23.1 Å². The van der Waals surface area contributed by atoms with Gasteiger partial charge in [-0.25, -0.2) is 15.0 Å². The van der Waals surface area contributed by atoms with Crippen molar-refractivity contribution in [2.24, 2.45) is 0 Å². The molecule has 168 valence electrons. The number of methoxy groups -OCH3 is 2. The molecule has 4 aromatic heterocycles. The smallest absolute Gasteiger partial charge is 0.242 e. The number of nitrogens with one attached hydrogen (secondary N) is 1. The molecule has 5 heterocycles. The van der Waals surface area contributed by atoms with E-state index in [0.29, 0.717) is 46.5 Å². The molecule has 1 aliphatic rings. The van der Waals surface area contributed by atoms with Gasteiger partial charge in [-0.15, -0.1) is 0 Å². The monoisotopic (exact) mass is 446 g/mol. The predicted molar refractivity (Wildman–Crippen MR) is 120 cm³/mol. The van der Waals surface area contributed by atoms with Crippen molar-refractivity contribution in [1.82, 2.24) is 30.1 Å². The molecule has 0 amide bonds. The first-order valence-corrected chi connectivity index (χ1v) is 10.4. The van der Waals surface area contributed by atoms with Gasteiger partial charge in [0.1, 0.15) is 17.3 Å². The van der Waals surface area contributed by atoms with Crippen molar-refractivity contribution in [2.75, 3.05) is 31.0 Å². The van der Waals surface area contributed by atoms with Gasteiger partial charge in [0.25, 0.3) is 0 Å². The van der Waals surface area contributed by atoms with E-state index < -0.39 is 0 Å². The fourth-order valence-corrected chi connectivity index (χ4v) is 3.79. The number of hydrogen-bond donors (Lipinski definition) is 1. The van der Waals surface area contributed by atoms with Gasteiger partial charge in [0.05, 0.1) is 20.3 Å². The Morgan fingerprint density at radius 2 is 1.91 bits per heavy atom. The molecule has 1 aliphatic heterocycles. The summed E-state index contributed by atoms with van der Waals surface area (Å²) < 4.78 is 16.4. The van der Waals surface area contributed by atoms with E-state index in [9.17, 15) is 0 Å². The second-order valence-corrected chi connectivity index (χ2v) is 7.32. The minimum Gasteiger partial charge on any atom is -0.481 e. The Kier molecular flexibility index (Phi) is 5.66. The number of pyridine rings is 1. The third-order valence-corrected chi connectivity index (χ3v) is 5.29. The van der Waals surface area contributed by atoms with Gasteiger partial charge >= 0.3 is 0 Å². The Hall–Kier alpha value is -4.28. The van der Waals surface area contributed by atoms with Crippen molar-refractivity contribution >= 4 is 17.6 Å². The first-order valence-electron chi connectivity index (χ1n) is 10.4. The maximum atomic E-state index is 5.71. The standard InChI is InChI=1S/C22H22N8O3/c1-31-19-13-18(26-17-7-3-4-8-23-17)27-22(28-19)30-11-5-6-15(30)16-12-14(29-33-16)20-21(32-2)25-10-9-24-20/h3-4,7-10,12-13,15H,5-6,11H2,1-2H3,(H,23,26,27,28)/t15-/m0/s1. The van der Waals surface area contributed by atoms with E-state index in [2.05, 4.69) is 35.3 Å². The predicted octanol–water partition coefficient (Wildman–Crippen LogP) is 3.42. The molecule has 0 radical (unpaired) electrons. The summed E-state index contributed by atoms with van der Waals surface area (Å²) >= 11 is 0. The number of ether oxygens (including phenoxy) is 2. The molecule has 11 heteroatoms. The van der Waals surface area contributed by atoms with Crippen LogP contribution in [0.15, 0.2) is 53.4 Å². The number of rotatable bonds is 7. The first kappa shape index (κ1) is 20.6. The molecule has 0 aliphatic carbocycles. The van der Waals surface area contributed by atoms with Crippen LogP contribution >= 0.6 is 0 Å². The molecule has 1 atom stereocenters. The Bertz CT molecular complexity index is 1230. The molecule has 1 saturated heterocycles. The molecule has 0 aromatic carbocycles. The van der Waals surface area contributed by atoms with Crippen molar-refractivity contribution in [3.05, 3.63) is 54.7 Å². The van der Waals surface area contributed by atoms with E-state index in [1.165, 1.54) is 0 Å². The lowest BCUT2D eigenvalue weighted by atomic mass is 10.1. The van der Waals surface area contributed by atoms with Crippen LogP contribution in [0.25, 0.3) is 11.4 Å². The summed E-state index contributed by atoms with van der Waals surface area (Å²) in [7, 11) is 3.12. The Morgan fingerprint density at radius 3 is 2.73 bits per heavy atom. The lowest BCUT2D eigenvalue weighted by Gasteiger charge is -2.23. The number of anilines is 3. The summed E-state index contributed by atoms with van der Waals surface area (Å²) in [5.41, 5.74) is 1.09. The lowest BCUT2D eigenvalue weighted by molar-refractivity contribution is 0.360. The molecule has 1 fully saturated rings. The average molecular weight is 446 g/mol. The summed E-state index contributed by atoms with van der Waals surface area (Å²) in [6.45, 7) is 0.769. The number of aromatic nitrogens is 6. The molecule has 0 spiro atoms. The van der Waals surface area contributed by atoms with Gasteiger partial charge in [-0.2, -0.15) is 9.97 Å². The van der Waals surface area contributed by atoms with Crippen molar-refractivity contribution < 1.29 is 14.0 Å². The average Bonchev–Trinajstić information content (AvgIpc) is 3.54. The highest BCUT2D eigenvalue weighted by Gasteiger charge is 2.32. The van der Waals surface area contributed by atoms with Gasteiger partial charge in [-0.05, 0) is 25.0 Å². The fraction of sp³-hybridized carbons (Fsp3) is 0.273. The highest BCUT2D eigenvalue weighted by molar-refractivity contribution is 5.60. The summed E-state index contributed by atoms with van der Waals surface area (Å²) in [5, 5.41) is 7.41. The molecule has 5 rings (SSSR count). The molecule has 4 aromatic rings. The van der Waals surface area contributed by atoms with E-state index >= 15 is 0 Å². The Balaban J connectivity index is 1.44. The molecule has 0 bridgehead atoms. The summed E-state index contributed by atoms with van der Waals surface area (Å²) in [4.78, 5) is 24.2. The lowest BCUT2D eigenvalue weighted by Crippen LogP contribution is -2.24. The second kappa shape index (κ2) is 9.07. The number of nitrogens with zero attached hydrogens (tertiary/aromatic N) is 7. The van der Waals surface area contributed by atoms with Gasteiger partial charge in [0.15, 0.2) is 11.5 Å². The molecule has 11 nitrogen and oxygen atoms in total. The van der Waals surface area contributed by atoms with Crippen molar-refractivity contribution in [2.45, 2.75) is 18.9 Å². The summed E-state index contributed by atoms with van der Waals surface area (Å²) in [6, 6.07) is 9.14. The first-order chi connectivity index (χ1) is 16.2. The van der Waals surface area contributed by atoms with Crippen molar-refractivity contribution in [1.29, 1.82) is 0 Å². The SMILES string of the molecule is COc1cc(Nc2ccccn2)nc(N2CCC[C@H]2c2cc(-c3nccnc3OC)no2)n1. The zero-order valence-corrected chi connectivity index (χ0v) is 18.2. The maximum absolute atomic E-state index is 5.71. The van der Waals surface area contributed by atoms with Crippen LogP contribution in [0.2, 0.25) is 0 Å². The van der Waals surface area contributed by atoms with Gasteiger partial charge in [0, 0.05) is 37.3 Å². The van der Waals surface area contributed by atoms with E-state index in [1.54, 1.807) is 38.9 Å². The van der Waals surface area contributed by atoms with Crippen molar-refractivity contribution in [3.63, 3.8) is 0 Å². The molecule has 33 heavy (non-hydrogen) atoms. The normalized spacial score (nSPS) is 15.5. The third kappa shape index (κ3) is 4.25. The molecular weight excluding hydrogens is 424 g/mol. The largest absolute Gasteiger partial charge is 0.481 e. The molecule has 0 saturated carbocycles. The molecule has 0 unspecified atom stereocenters. The van der Waals surface area contributed by atoms with Crippen LogP contribution in [-0.4, -0.2) is 50.8 Å². The summed E-state index contributed by atoms with van der Waals surface area (Å²) in [5.74, 6) is 3.34. The van der Waals surface area contributed by atoms with Gasteiger partial charge in [-0.1, -0.05) is 11.2 Å². The minimum absolute atomic E-state index is 0.0799. The van der Waals surface area contributed by atoms with Crippen LogP contribution in [0.4, 0.5) is 17.6 Å². The van der Waals surface area contributed by atoms with Crippen LogP contribution in [-0.2, 0) is 0 Å². The van der Waals surface area contributed by atoms with Crippen LogP contribution in [0.3, 0.4) is 0 Å². The maximum Gasteiger partial charge on any atom is 0.242 e. The van der Waals surface area contributed by atoms with E-state index in [-0.39, 0.29) is 6.04 Å². The highest BCUT2D eigenvalue weighted by atomic mass is 16.5. The highest BCUT2D eigenvalue weighted by Crippen LogP contribution is 2.37. The van der Waals surface area contributed by atoms with Crippen LogP contribution in [0, 0.1) is 0 Å². The summed E-state index contributed by atoms with van der Waals surface area (Å²) in [6.07, 6.45) is 6.70. The molecule has 1 N–H and O–H groups in total. The quantitative estimate of drug-likeness (QED) is 0.449. The minimum atomic E-state index is -0.0799. The number of hydrogen-bond acceptors (Lipinski definition) is 11. The second-order valence-electron chi connectivity index (χ2n) is 7.32. The van der Waals surface area contributed by atoms with E-state index in [1.807, 2.05) is 24.3 Å². The zero-order valence-electron chi connectivity index (χ0n) is 18.2. The van der Waals surface area contributed by atoms with Gasteiger partial charge in [0.2, 0.25) is 17.7 Å². The van der Waals surface area contributed by atoms with Crippen LogP contribution in [0.5, 0.6) is 11.8 Å². The third-order valence-electron chi connectivity index (χ3n) is 5.29. The van der Waals surface area contributed by atoms with E-state index in [4.69, 9.17) is 19.0 Å². The Labute approximate surface area is 189 Å². The van der Waals surface area contributed by atoms with Crippen LogP contribution < -0.4 is 19.7 Å². The van der Waals surface area contributed by atoms with Crippen LogP contribution in [0.1, 0.15) is 24.6 Å².